The van der Waals surface area contributed by atoms with Crippen LogP contribution in [-0.4, -0.2) is 56.6 Å². The normalized spacial score (nSPS) is 19.3. The average molecular weight is 359 g/mol. The number of nitrogens with zero attached hydrogens (tertiary/aromatic N) is 3. The van der Waals surface area contributed by atoms with Gasteiger partial charge in [0.15, 0.2) is 0 Å². The smallest absolute Gasteiger partial charge is 0.317 e. The van der Waals surface area contributed by atoms with E-state index in [1.54, 1.807) is 0 Å². The highest BCUT2D eigenvalue weighted by Gasteiger charge is 2.34. The van der Waals surface area contributed by atoms with Crippen molar-refractivity contribution in [3.05, 3.63) is 35.8 Å². The summed E-state index contributed by atoms with van der Waals surface area (Å²) in [4.78, 5) is 29.3. The molecule has 3 rings (SSSR count). The molecule has 0 aliphatic heterocycles. The summed E-state index contributed by atoms with van der Waals surface area (Å²) in [5, 5.41) is 14.7. The number of likely N-dealkylation sites (N-methyl/N-ethyl adjacent to an activating group) is 1. The van der Waals surface area contributed by atoms with Crippen LogP contribution in [0.5, 0.6) is 0 Å². The van der Waals surface area contributed by atoms with Crippen LogP contribution in [0.2, 0.25) is 0 Å². The largest absolute Gasteiger partial charge is 0.480 e. The summed E-state index contributed by atoms with van der Waals surface area (Å²) in [7, 11) is 0. The Morgan fingerprint density at radius 1 is 1.35 bits per heavy atom. The van der Waals surface area contributed by atoms with Gasteiger partial charge in [0.05, 0.1) is 18.8 Å². The number of imidazole rings is 1. The SMILES string of the molecule is CCN(CC(=O)O)C1CC(NC(=O)NCc2cn3cc(C)ccc3n2)C1. The van der Waals surface area contributed by atoms with Gasteiger partial charge in [0.2, 0.25) is 0 Å². The van der Waals surface area contributed by atoms with Crippen molar-refractivity contribution >= 4 is 17.6 Å². The lowest BCUT2D eigenvalue weighted by molar-refractivity contribution is -0.139. The van der Waals surface area contributed by atoms with E-state index in [0.29, 0.717) is 13.1 Å². The molecule has 2 heterocycles. The minimum atomic E-state index is -0.816. The Morgan fingerprint density at radius 2 is 2.12 bits per heavy atom. The molecule has 2 aromatic heterocycles. The highest BCUT2D eigenvalue weighted by Crippen LogP contribution is 2.25. The Hall–Kier alpha value is -2.61. The molecule has 8 heteroatoms. The van der Waals surface area contributed by atoms with Crippen molar-refractivity contribution in [3.8, 4) is 0 Å². The molecular weight excluding hydrogens is 334 g/mol. The van der Waals surface area contributed by atoms with Gasteiger partial charge in [-0.25, -0.2) is 9.78 Å². The zero-order valence-corrected chi connectivity index (χ0v) is 15.1. The van der Waals surface area contributed by atoms with Gasteiger partial charge in [-0.15, -0.1) is 0 Å². The van der Waals surface area contributed by atoms with Gasteiger partial charge < -0.3 is 20.1 Å². The Bertz CT molecular complexity index is 797. The Balaban J connectivity index is 1.43. The third-order valence-electron chi connectivity index (χ3n) is 4.79. The molecule has 0 bridgehead atoms. The van der Waals surface area contributed by atoms with Crippen molar-refractivity contribution in [1.82, 2.24) is 24.9 Å². The molecule has 8 nitrogen and oxygen atoms in total. The second-order valence-corrected chi connectivity index (χ2v) is 6.81. The first-order valence-corrected chi connectivity index (χ1v) is 8.89. The average Bonchev–Trinajstić information content (AvgIpc) is 2.95. The molecule has 0 radical (unpaired) electrons. The fraction of sp³-hybridized carbons (Fsp3) is 0.500. The van der Waals surface area contributed by atoms with Gasteiger partial charge >= 0.3 is 12.0 Å². The number of nitrogens with one attached hydrogen (secondary N) is 2. The molecule has 0 atom stereocenters. The molecule has 0 spiro atoms. The van der Waals surface area contributed by atoms with E-state index in [1.165, 1.54) is 0 Å². The van der Waals surface area contributed by atoms with E-state index in [-0.39, 0.29) is 24.7 Å². The van der Waals surface area contributed by atoms with Crippen LogP contribution in [0, 0.1) is 6.92 Å². The fourth-order valence-corrected chi connectivity index (χ4v) is 3.32. The topological polar surface area (TPSA) is 99.0 Å². The van der Waals surface area contributed by atoms with Gasteiger partial charge in [-0.05, 0) is 37.9 Å². The number of carboxylic acids is 1. The van der Waals surface area contributed by atoms with E-state index in [9.17, 15) is 9.59 Å². The fourth-order valence-electron chi connectivity index (χ4n) is 3.32. The molecule has 1 fully saturated rings. The Morgan fingerprint density at radius 3 is 2.81 bits per heavy atom. The molecule has 1 aliphatic carbocycles. The standard InChI is InChI=1S/C18H25N5O3/c1-3-22(11-17(24)25)15-6-13(7-15)21-18(26)19-8-14-10-23-9-12(2)4-5-16(23)20-14/h4-5,9-10,13,15H,3,6-8,11H2,1-2H3,(H,24,25)(H2,19,21,26). The van der Waals surface area contributed by atoms with E-state index in [0.717, 1.165) is 29.7 Å². The van der Waals surface area contributed by atoms with Crippen molar-refractivity contribution in [3.63, 3.8) is 0 Å². The highest BCUT2D eigenvalue weighted by molar-refractivity contribution is 5.74. The zero-order chi connectivity index (χ0) is 18.7. The van der Waals surface area contributed by atoms with Gasteiger partial charge in [-0.1, -0.05) is 13.0 Å². The number of aryl methyl sites for hydroxylation is 1. The van der Waals surface area contributed by atoms with Crippen LogP contribution in [0.15, 0.2) is 24.5 Å². The molecule has 1 saturated carbocycles. The molecule has 140 valence electrons. The van der Waals surface area contributed by atoms with Crippen LogP contribution in [0.4, 0.5) is 4.79 Å². The number of hydrogen-bond acceptors (Lipinski definition) is 4. The summed E-state index contributed by atoms with van der Waals surface area (Å²) in [6.07, 6.45) is 5.47. The summed E-state index contributed by atoms with van der Waals surface area (Å²) in [6.45, 7) is 5.08. The van der Waals surface area contributed by atoms with Crippen LogP contribution in [0.25, 0.3) is 5.65 Å². The van der Waals surface area contributed by atoms with Crippen LogP contribution >= 0.6 is 0 Å². The molecule has 2 amide bonds. The molecular formula is C18H25N5O3. The van der Waals surface area contributed by atoms with Gasteiger partial charge in [0.25, 0.3) is 0 Å². The van der Waals surface area contributed by atoms with E-state index < -0.39 is 5.97 Å². The minimum Gasteiger partial charge on any atom is -0.480 e. The first kappa shape index (κ1) is 18.2. The second kappa shape index (κ2) is 7.74. The number of rotatable bonds is 7. The molecule has 0 unspecified atom stereocenters. The predicted molar refractivity (Wildman–Crippen MR) is 97.0 cm³/mol. The highest BCUT2D eigenvalue weighted by atomic mass is 16.4. The van der Waals surface area contributed by atoms with E-state index in [2.05, 4.69) is 15.6 Å². The third-order valence-corrected chi connectivity index (χ3v) is 4.79. The molecule has 0 saturated heterocycles. The van der Waals surface area contributed by atoms with Crippen molar-refractivity contribution in [2.24, 2.45) is 0 Å². The molecule has 1 aliphatic rings. The van der Waals surface area contributed by atoms with Crippen LogP contribution in [0.3, 0.4) is 0 Å². The molecule has 0 aromatic carbocycles. The van der Waals surface area contributed by atoms with Gasteiger partial charge in [0.1, 0.15) is 5.65 Å². The number of amides is 2. The number of carbonyl (C=O) groups excluding carboxylic acids is 1. The maximum absolute atomic E-state index is 12.0. The summed E-state index contributed by atoms with van der Waals surface area (Å²) in [6, 6.07) is 4.05. The maximum atomic E-state index is 12.0. The second-order valence-electron chi connectivity index (χ2n) is 6.81. The number of fused-ring (bicyclic) bond motifs is 1. The predicted octanol–water partition coefficient (Wildman–Crippen LogP) is 1.38. The number of aliphatic carboxylic acids is 1. The first-order chi connectivity index (χ1) is 12.4. The third kappa shape index (κ3) is 4.32. The number of aromatic nitrogens is 2. The molecule has 26 heavy (non-hydrogen) atoms. The van der Waals surface area contributed by atoms with Crippen LogP contribution in [-0.2, 0) is 11.3 Å². The summed E-state index contributed by atoms with van der Waals surface area (Å²) in [5.41, 5.74) is 2.80. The quantitative estimate of drug-likeness (QED) is 0.694. The minimum absolute atomic E-state index is 0.0490. The number of hydrogen-bond donors (Lipinski definition) is 3. The van der Waals surface area contributed by atoms with Gasteiger partial charge in [0, 0.05) is 24.5 Å². The van der Waals surface area contributed by atoms with E-state index in [1.807, 2.05) is 47.7 Å². The molecule has 3 N–H and O–H groups in total. The Labute approximate surface area is 152 Å². The Kier molecular flexibility index (Phi) is 5.41. The summed E-state index contributed by atoms with van der Waals surface area (Å²) < 4.78 is 1.95. The van der Waals surface area contributed by atoms with Crippen molar-refractivity contribution in [2.45, 2.75) is 45.3 Å². The zero-order valence-electron chi connectivity index (χ0n) is 15.1. The maximum Gasteiger partial charge on any atom is 0.317 e. The van der Waals surface area contributed by atoms with Gasteiger partial charge in [-0.3, -0.25) is 9.69 Å². The van der Waals surface area contributed by atoms with E-state index in [4.69, 9.17) is 5.11 Å². The number of urea groups is 1. The lowest BCUT2D eigenvalue weighted by atomic mass is 9.85. The van der Waals surface area contributed by atoms with Crippen LogP contribution < -0.4 is 10.6 Å². The van der Waals surface area contributed by atoms with Crippen molar-refractivity contribution in [2.75, 3.05) is 13.1 Å². The number of carbonyl (C=O) groups is 2. The molecule has 2 aromatic rings. The lowest BCUT2D eigenvalue weighted by Crippen LogP contribution is -2.56. The summed E-state index contributed by atoms with van der Waals surface area (Å²) >= 11 is 0. The van der Waals surface area contributed by atoms with Crippen molar-refractivity contribution in [1.29, 1.82) is 0 Å². The van der Waals surface area contributed by atoms with Crippen molar-refractivity contribution < 1.29 is 14.7 Å². The number of pyridine rings is 1. The van der Waals surface area contributed by atoms with Crippen LogP contribution in [0.1, 0.15) is 31.0 Å². The first-order valence-electron chi connectivity index (χ1n) is 8.89. The monoisotopic (exact) mass is 359 g/mol. The van der Waals surface area contributed by atoms with E-state index >= 15 is 0 Å². The summed E-state index contributed by atoms with van der Waals surface area (Å²) in [5.74, 6) is -0.816. The number of carboxylic acid groups (broad SMARTS) is 1. The van der Waals surface area contributed by atoms with Gasteiger partial charge in [-0.2, -0.15) is 0 Å². The lowest BCUT2D eigenvalue weighted by Gasteiger charge is -2.42.